The van der Waals surface area contributed by atoms with E-state index in [4.69, 9.17) is 4.74 Å². The second kappa shape index (κ2) is 12.6. The summed E-state index contributed by atoms with van der Waals surface area (Å²) in [4.78, 5) is 17.3. The van der Waals surface area contributed by atoms with Crippen LogP contribution in [0.2, 0.25) is 0 Å². The zero-order valence-electron chi connectivity index (χ0n) is 20.6. The van der Waals surface area contributed by atoms with Gasteiger partial charge in [0.1, 0.15) is 17.4 Å². The quantitative estimate of drug-likeness (QED) is 0.283. The Morgan fingerprint density at radius 1 is 0.944 bits per heavy atom. The first-order valence-corrected chi connectivity index (χ1v) is 12.3. The van der Waals surface area contributed by atoms with Crippen LogP contribution in [0.1, 0.15) is 22.7 Å². The first-order chi connectivity index (χ1) is 17.7. The third kappa shape index (κ3) is 6.12. The Bertz CT molecular complexity index is 1160. The van der Waals surface area contributed by atoms with Gasteiger partial charge in [-0.2, -0.15) is 5.26 Å². The summed E-state index contributed by atoms with van der Waals surface area (Å²) in [6.07, 6.45) is 2.27. The molecule has 3 aromatic carbocycles. The molecule has 1 N–H and O–H groups in total. The molecule has 0 aliphatic carbocycles. The SMILES string of the molecule is COc1ccccc1CCN/C=C(/C#N)C(=O)N1CCN(C(c2ccccc2)c2ccccc2)CC1. The van der Waals surface area contributed by atoms with Crippen molar-refractivity contribution in [2.75, 3.05) is 39.8 Å². The fourth-order valence-corrected chi connectivity index (χ4v) is 4.67. The lowest BCUT2D eigenvalue weighted by Gasteiger charge is -2.39. The van der Waals surface area contributed by atoms with E-state index in [2.05, 4.69) is 64.8 Å². The molecule has 1 saturated heterocycles. The van der Waals surface area contributed by atoms with E-state index in [1.165, 1.54) is 11.1 Å². The minimum absolute atomic E-state index is 0.131. The van der Waals surface area contributed by atoms with Crippen LogP contribution in [-0.4, -0.2) is 55.5 Å². The van der Waals surface area contributed by atoms with Crippen molar-refractivity contribution in [3.05, 3.63) is 113 Å². The van der Waals surface area contributed by atoms with Gasteiger partial charge < -0.3 is 15.0 Å². The summed E-state index contributed by atoms with van der Waals surface area (Å²) in [6.45, 7) is 3.23. The van der Waals surface area contributed by atoms with Gasteiger partial charge >= 0.3 is 0 Å². The number of nitrogens with one attached hydrogen (secondary N) is 1. The van der Waals surface area contributed by atoms with Crippen LogP contribution in [0.5, 0.6) is 5.75 Å². The summed E-state index contributed by atoms with van der Waals surface area (Å²) >= 11 is 0. The summed E-state index contributed by atoms with van der Waals surface area (Å²) in [7, 11) is 1.65. The minimum Gasteiger partial charge on any atom is -0.496 e. The predicted octanol–water partition coefficient (Wildman–Crippen LogP) is 4.17. The highest BCUT2D eigenvalue weighted by molar-refractivity contribution is 5.97. The molecule has 0 unspecified atom stereocenters. The smallest absolute Gasteiger partial charge is 0.266 e. The van der Waals surface area contributed by atoms with Crippen LogP contribution in [-0.2, 0) is 11.2 Å². The molecule has 0 spiro atoms. The molecular formula is C30H32N4O2. The number of nitrogens with zero attached hydrogens (tertiary/aromatic N) is 3. The van der Waals surface area contributed by atoms with E-state index in [1.54, 1.807) is 18.2 Å². The number of carbonyl (C=O) groups is 1. The van der Waals surface area contributed by atoms with Crippen LogP contribution >= 0.6 is 0 Å². The topological polar surface area (TPSA) is 68.6 Å². The zero-order chi connectivity index (χ0) is 25.2. The van der Waals surface area contributed by atoms with E-state index in [9.17, 15) is 10.1 Å². The van der Waals surface area contributed by atoms with Crippen molar-refractivity contribution in [3.8, 4) is 11.8 Å². The van der Waals surface area contributed by atoms with Gasteiger partial charge in [-0.3, -0.25) is 9.69 Å². The van der Waals surface area contributed by atoms with Crippen LogP contribution < -0.4 is 10.1 Å². The molecule has 1 fully saturated rings. The number of rotatable bonds is 9. The molecule has 3 aromatic rings. The number of carbonyl (C=O) groups excluding carboxylic acids is 1. The van der Waals surface area contributed by atoms with E-state index in [0.717, 1.165) is 30.8 Å². The number of amides is 1. The highest BCUT2D eigenvalue weighted by Crippen LogP contribution is 2.29. The standard InChI is InChI=1S/C30H32N4O2/c1-36-28-15-9-8-10-24(28)16-17-32-23-27(22-31)30(35)34-20-18-33(19-21-34)29(25-11-4-2-5-12-25)26-13-6-3-7-14-26/h2-15,23,29,32H,16-21H2,1H3/b27-23-. The number of para-hydroxylation sites is 1. The number of benzene rings is 3. The summed E-state index contributed by atoms with van der Waals surface area (Å²) in [5.74, 6) is 0.611. The summed E-state index contributed by atoms with van der Waals surface area (Å²) in [5, 5.41) is 12.8. The van der Waals surface area contributed by atoms with Crippen LogP contribution in [0.3, 0.4) is 0 Å². The van der Waals surface area contributed by atoms with Gasteiger partial charge in [-0.25, -0.2) is 0 Å². The molecule has 1 aliphatic heterocycles. The van der Waals surface area contributed by atoms with Crippen molar-refractivity contribution in [1.82, 2.24) is 15.1 Å². The van der Waals surface area contributed by atoms with E-state index < -0.39 is 0 Å². The number of piperazine rings is 1. The van der Waals surface area contributed by atoms with Gasteiger partial charge in [0, 0.05) is 38.9 Å². The molecule has 0 radical (unpaired) electrons. The van der Waals surface area contributed by atoms with Gasteiger partial charge in [-0.1, -0.05) is 78.9 Å². The molecule has 184 valence electrons. The van der Waals surface area contributed by atoms with Crippen LogP contribution in [0.15, 0.2) is 96.7 Å². The lowest BCUT2D eigenvalue weighted by atomic mass is 9.96. The van der Waals surface area contributed by atoms with Gasteiger partial charge in [-0.05, 0) is 29.2 Å². The van der Waals surface area contributed by atoms with Crippen molar-refractivity contribution in [2.45, 2.75) is 12.5 Å². The Balaban J connectivity index is 1.36. The third-order valence-electron chi connectivity index (χ3n) is 6.53. The maximum Gasteiger partial charge on any atom is 0.266 e. The molecule has 0 saturated carbocycles. The van der Waals surface area contributed by atoms with Crippen molar-refractivity contribution >= 4 is 5.91 Å². The highest BCUT2D eigenvalue weighted by Gasteiger charge is 2.29. The van der Waals surface area contributed by atoms with Crippen molar-refractivity contribution in [1.29, 1.82) is 5.26 Å². The van der Waals surface area contributed by atoms with Crippen molar-refractivity contribution < 1.29 is 9.53 Å². The molecule has 1 aliphatic rings. The predicted molar refractivity (Wildman–Crippen MR) is 141 cm³/mol. The summed E-state index contributed by atoms with van der Waals surface area (Å²) in [6, 6.07) is 31.0. The Hall–Kier alpha value is -4.08. The highest BCUT2D eigenvalue weighted by atomic mass is 16.5. The molecule has 4 rings (SSSR count). The van der Waals surface area contributed by atoms with Gasteiger partial charge in [-0.15, -0.1) is 0 Å². The molecular weight excluding hydrogens is 448 g/mol. The first-order valence-electron chi connectivity index (χ1n) is 12.3. The van der Waals surface area contributed by atoms with E-state index in [0.29, 0.717) is 19.6 Å². The summed E-state index contributed by atoms with van der Waals surface area (Å²) in [5.41, 5.74) is 3.68. The van der Waals surface area contributed by atoms with Gasteiger partial charge in [0.05, 0.1) is 13.2 Å². The van der Waals surface area contributed by atoms with Gasteiger partial charge in [0.25, 0.3) is 5.91 Å². The molecule has 6 nitrogen and oxygen atoms in total. The lowest BCUT2D eigenvalue weighted by Crippen LogP contribution is -2.50. The molecule has 6 heteroatoms. The Labute approximate surface area is 213 Å². The molecule has 1 amide bonds. The number of hydrogen-bond acceptors (Lipinski definition) is 5. The fourth-order valence-electron chi connectivity index (χ4n) is 4.67. The number of nitriles is 1. The number of methoxy groups -OCH3 is 1. The molecule has 36 heavy (non-hydrogen) atoms. The van der Waals surface area contributed by atoms with Gasteiger partial charge in [0.15, 0.2) is 0 Å². The third-order valence-corrected chi connectivity index (χ3v) is 6.53. The lowest BCUT2D eigenvalue weighted by molar-refractivity contribution is -0.128. The monoisotopic (exact) mass is 480 g/mol. The normalized spacial score (nSPS) is 14.4. The fraction of sp³-hybridized carbons (Fsp3) is 0.267. The van der Waals surface area contributed by atoms with Crippen molar-refractivity contribution in [3.63, 3.8) is 0 Å². The van der Waals surface area contributed by atoms with E-state index >= 15 is 0 Å². The maximum atomic E-state index is 13.1. The largest absolute Gasteiger partial charge is 0.496 e. The molecule has 0 atom stereocenters. The Morgan fingerprint density at radius 2 is 1.53 bits per heavy atom. The zero-order valence-corrected chi connectivity index (χ0v) is 20.6. The average Bonchev–Trinajstić information content (AvgIpc) is 2.95. The molecule has 0 aromatic heterocycles. The molecule has 0 bridgehead atoms. The van der Waals surface area contributed by atoms with Crippen LogP contribution in [0.4, 0.5) is 0 Å². The second-order valence-electron chi connectivity index (χ2n) is 8.74. The maximum absolute atomic E-state index is 13.1. The van der Waals surface area contributed by atoms with Crippen molar-refractivity contribution in [2.24, 2.45) is 0 Å². The van der Waals surface area contributed by atoms with Crippen LogP contribution in [0, 0.1) is 11.3 Å². The number of hydrogen-bond donors (Lipinski definition) is 1. The second-order valence-corrected chi connectivity index (χ2v) is 8.74. The summed E-state index contributed by atoms with van der Waals surface area (Å²) < 4.78 is 5.38. The Kier molecular flexibility index (Phi) is 8.74. The van der Waals surface area contributed by atoms with Gasteiger partial charge in [0.2, 0.25) is 0 Å². The first kappa shape index (κ1) is 25.0. The number of ether oxygens (including phenoxy) is 1. The minimum atomic E-state index is -0.224. The Morgan fingerprint density at radius 3 is 2.11 bits per heavy atom. The van der Waals surface area contributed by atoms with E-state index in [-0.39, 0.29) is 17.5 Å². The van der Waals surface area contributed by atoms with E-state index in [1.807, 2.05) is 36.4 Å². The average molecular weight is 481 g/mol. The van der Waals surface area contributed by atoms with Crippen LogP contribution in [0.25, 0.3) is 0 Å². The molecule has 1 heterocycles.